The van der Waals surface area contributed by atoms with Gasteiger partial charge in [-0.1, -0.05) is 23.9 Å². The zero-order valence-corrected chi connectivity index (χ0v) is 6.06. The minimum Gasteiger partial charge on any atom is -0.205 e. The van der Waals surface area contributed by atoms with Crippen molar-refractivity contribution in [3.05, 3.63) is 29.7 Å². The predicted molar refractivity (Wildman–Crippen MR) is 44.0 cm³/mol. The molecule has 0 saturated heterocycles. The Kier molecular flexibility index (Phi) is 1.35. The maximum atomic E-state index is 4.07. The minimum atomic E-state index is 1.02. The number of rotatable bonds is 0. The van der Waals surface area contributed by atoms with E-state index >= 15 is 0 Å². The van der Waals surface area contributed by atoms with Crippen LogP contribution in [0.15, 0.2) is 39.6 Å². The van der Waals surface area contributed by atoms with E-state index in [1.54, 1.807) is 11.8 Å². The molecule has 10 heavy (non-hydrogen) atoms. The molecule has 1 aromatic carbocycles. The van der Waals surface area contributed by atoms with Crippen molar-refractivity contribution >= 4 is 23.3 Å². The molecule has 2 heteroatoms. The number of aliphatic imine (C=N–C) groups is 1. The van der Waals surface area contributed by atoms with E-state index in [-0.39, 0.29) is 0 Å². The van der Waals surface area contributed by atoms with Gasteiger partial charge in [0.05, 0.1) is 5.69 Å². The van der Waals surface area contributed by atoms with Crippen molar-refractivity contribution in [1.82, 2.24) is 0 Å². The summed E-state index contributed by atoms with van der Waals surface area (Å²) in [7, 11) is 0. The van der Waals surface area contributed by atoms with Crippen molar-refractivity contribution in [3.63, 3.8) is 0 Å². The first kappa shape index (κ1) is 5.78. The summed E-state index contributed by atoms with van der Waals surface area (Å²) in [5, 5.41) is 1.86. The molecule has 0 fully saturated rings. The number of thioether (sulfide) groups is 1. The molecule has 1 nitrogen and oxygen atoms in total. The Labute approximate surface area is 63.5 Å². The molecule has 0 bridgehead atoms. The normalized spacial score (nSPS) is 13.2. The van der Waals surface area contributed by atoms with Crippen molar-refractivity contribution < 1.29 is 0 Å². The Morgan fingerprint density at radius 1 is 1.30 bits per heavy atom. The van der Waals surface area contributed by atoms with Crippen LogP contribution in [-0.2, 0) is 0 Å². The average molecular weight is 147 g/mol. The Balaban J connectivity index is 2.63. The van der Waals surface area contributed by atoms with E-state index in [0.29, 0.717) is 0 Å². The molecule has 2 rings (SSSR count). The van der Waals surface area contributed by atoms with Gasteiger partial charge < -0.3 is 0 Å². The van der Waals surface area contributed by atoms with E-state index in [4.69, 9.17) is 0 Å². The van der Waals surface area contributed by atoms with Gasteiger partial charge in [-0.15, -0.1) is 0 Å². The van der Waals surface area contributed by atoms with Gasteiger partial charge in [0, 0.05) is 10.3 Å². The quantitative estimate of drug-likeness (QED) is 0.549. The molecule has 1 aromatic rings. The van der Waals surface area contributed by atoms with Crippen LogP contribution in [0, 0.1) is 0 Å². The van der Waals surface area contributed by atoms with Gasteiger partial charge in [0.25, 0.3) is 0 Å². The van der Waals surface area contributed by atoms with E-state index in [9.17, 15) is 0 Å². The lowest BCUT2D eigenvalue weighted by molar-refractivity contribution is 1.39. The third-order valence-electron chi connectivity index (χ3n) is 1.29. The topological polar surface area (TPSA) is 12.4 Å². The van der Waals surface area contributed by atoms with Gasteiger partial charge in [-0.2, -0.15) is 0 Å². The number of nitrogens with zero attached hydrogens (tertiary/aromatic N) is 1. The average Bonchev–Trinajstić information content (AvgIpc) is 2.05. The lowest BCUT2D eigenvalue weighted by atomic mass is 10.3. The van der Waals surface area contributed by atoms with Gasteiger partial charge in [-0.3, -0.25) is 0 Å². The largest absolute Gasteiger partial charge is 0.205 e. The van der Waals surface area contributed by atoms with Gasteiger partial charge >= 0.3 is 0 Å². The number of fused-ring (bicyclic) bond motifs is 1. The second-order valence-electron chi connectivity index (χ2n) is 1.94. The molecule has 0 aromatic heterocycles. The Hall–Kier alpha value is -0.980. The van der Waals surface area contributed by atoms with E-state index in [1.807, 2.05) is 23.6 Å². The molecule has 0 spiro atoms. The molecular formula is C8H5NS. The molecule has 1 heterocycles. The van der Waals surface area contributed by atoms with Crippen LogP contribution in [0.4, 0.5) is 5.69 Å². The zero-order valence-electron chi connectivity index (χ0n) is 5.24. The van der Waals surface area contributed by atoms with Gasteiger partial charge in [0.1, 0.15) is 0 Å². The van der Waals surface area contributed by atoms with Crippen molar-refractivity contribution in [2.24, 2.45) is 4.99 Å². The highest BCUT2D eigenvalue weighted by Crippen LogP contribution is 2.31. The summed E-state index contributed by atoms with van der Waals surface area (Å²) < 4.78 is 0. The minimum absolute atomic E-state index is 1.02. The Morgan fingerprint density at radius 3 is 3.10 bits per heavy atom. The van der Waals surface area contributed by atoms with Crippen molar-refractivity contribution in [2.75, 3.05) is 0 Å². The molecule has 0 atom stereocenters. The monoisotopic (exact) mass is 147 g/mol. The van der Waals surface area contributed by atoms with E-state index in [0.717, 1.165) is 5.69 Å². The van der Waals surface area contributed by atoms with Crippen molar-refractivity contribution in [3.8, 4) is 0 Å². The summed E-state index contributed by atoms with van der Waals surface area (Å²) in [6, 6.07) is 8.04. The maximum absolute atomic E-state index is 4.07. The number of hydrogen-bond acceptors (Lipinski definition) is 2. The van der Waals surface area contributed by atoms with Crippen LogP contribution in [0.3, 0.4) is 0 Å². The second-order valence-corrected chi connectivity index (χ2v) is 2.86. The number of hydrogen-bond donors (Lipinski definition) is 0. The van der Waals surface area contributed by atoms with Gasteiger partial charge in [-0.25, -0.2) is 4.99 Å². The highest BCUT2D eigenvalue weighted by Gasteiger charge is 1.99. The molecule has 0 amide bonds. The lowest BCUT2D eigenvalue weighted by Gasteiger charge is -2.01. The number of benzene rings is 1. The van der Waals surface area contributed by atoms with Crippen LogP contribution in [0.25, 0.3) is 0 Å². The van der Waals surface area contributed by atoms with Gasteiger partial charge in [0.15, 0.2) is 0 Å². The molecule has 1 aliphatic heterocycles. The highest BCUT2D eigenvalue weighted by atomic mass is 32.2. The van der Waals surface area contributed by atoms with Crippen LogP contribution in [0.2, 0.25) is 0 Å². The van der Waals surface area contributed by atoms with Crippen LogP contribution >= 0.6 is 11.8 Å². The van der Waals surface area contributed by atoms with Crippen LogP contribution in [-0.4, -0.2) is 5.87 Å². The first-order valence-electron chi connectivity index (χ1n) is 3.00. The first-order chi connectivity index (χ1) is 4.97. The van der Waals surface area contributed by atoms with Gasteiger partial charge in [0.2, 0.25) is 0 Å². The molecule has 48 valence electrons. The van der Waals surface area contributed by atoms with E-state index in [1.165, 1.54) is 4.90 Å². The molecule has 0 aliphatic carbocycles. The standard InChI is InChI=1S/C8H5NS/c1-2-4-8-7(3-1)9-5-6-10-8/h1-4,6H. The SMILES string of the molecule is C1=CSc2ccccc2N=1. The van der Waals surface area contributed by atoms with Crippen LogP contribution in [0.1, 0.15) is 0 Å². The number of para-hydroxylation sites is 1. The van der Waals surface area contributed by atoms with E-state index in [2.05, 4.69) is 16.9 Å². The third-order valence-corrected chi connectivity index (χ3v) is 2.11. The van der Waals surface area contributed by atoms with Crippen LogP contribution < -0.4 is 0 Å². The Bertz CT molecular complexity index is 311. The molecule has 0 saturated carbocycles. The predicted octanol–water partition coefficient (Wildman–Crippen LogP) is 2.61. The summed E-state index contributed by atoms with van der Waals surface area (Å²) in [4.78, 5) is 5.28. The fourth-order valence-corrected chi connectivity index (χ4v) is 1.46. The smallest absolute Gasteiger partial charge is 0.0869 e. The molecular weight excluding hydrogens is 142 g/mol. The lowest BCUT2D eigenvalue weighted by Crippen LogP contribution is -1.74. The summed E-state index contributed by atoms with van der Waals surface area (Å²) in [6.07, 6.45) is 0. The zero-order chi connectivity index (χ0) is 6.81. The fourth-order valence-electron chi connectivity index (χ4n) is 0.835. The van der Waals surface area contributed by atoms with Crippen LogP contribution in [0.5, 0.6) is 0 Å². The van der Waals surface area contributed by atoms with Gasteiger partial charge in [-0.05, 0) is 18.0 Å². The van der Waals surface area contributed by atoms with E-state index < -0.39 is 0 Å². The first-order valence-corrected chi connectivity index (χ1v) is 3.88. The second kappa shape index (κ2) is 2.33. The summed E-state index contributed by atoms with van der Waals surface area (Å²) in [5.41, 5.74) is 1.02. The molecule has 0 unspecified atom stereocenters. The molecule has 0 N–H and O–H groups in total. The van der Waals surface area contributed by atoms with Crippen molar-refractivity contribution in [2.45, 2.75) is 4.90 Å². The molecule has 0 radical (unpaired) electrons. The summed E-state index contributed by atoms with van der Waals surface area (Å²) in [6.45, 7) is 0. The summed E-state index contributed by atoms with van der Waals surface area (Å²) in [5.74, 6) is 2.80. The highest BCUT2D eigenvalue weighted by molar-refractivity contribution is 8.02. The Morgan fingerprint density at radius 2 is 2.20 bits per heavy atom. The fraction of sp³-hybridized carbons (Fsp3) is 0. The summed E-state index contributed by atoms with van der Waals surface area (Å²) >= 11 is 1.66. The molecule has 1 aliphatic rings. The maximum Gasteiger partial charge on any atom is 0.0869 e. The third kappa shape index (κ3) is 0.878. The van der Waals surface area contributed by atoms with Crippen molar-refractivity contribution in [1.29, 1.82) is 0 Å².